The van der Waals surface area contributed by atoms with E-state index in [-0.39, 0.29) is 31.5 Å². The first kappa shape index (κ1) is 12.4. The number of sulfonamides is 1. The van der Waals surface area contributed by atoms with Crippen molar-refractivity contribution in [1.29, 1.82) is 0 Å². The van der Waals surface area contributed by atoms with E-state index in [1.807, 2.05) is 0 Å². The Labute approximate surface area is 90.1 Å². The van der Waals surface area contributed by atoms with E-state index in [1.165, 1.54) is 9.21 Å². The van der Waals surface area contributed by atoms with Crippen LogP contribution < -0.4 is 5.73 Å². The second-order valence-electron chi connectivity index (χ2n) is 3.79. The fourth-order valence-corrected chi connectivity index (χ4v) is 2.83. The van der Waals surface area contributed by atoms with Gasteiger partial charge in [-0.15, -0.1) is 0 Å². The quantitative estimate of drug-likeness (QED) is 0.627. The molecule has 2 N–H and O–H groups in total. The highest BCUT2D eigenvalue weighted by atomic mass is 32.2. The van der Waals surface area contributed by atoms with Crippen LogP contribution in [0.1, 0.15) is 6.42 Å². The number of rotatable bonds is 2. The van der Waals surface area contributed by atoms with E-state index in [1.54, 1.807) is 7.05 Å². The summed E-state index contributed by atoms with van der Waals surface area (Å²) in [5.74, 6) is -0.0420. The molecule has 0 radical (unpaired) electrons. The molecule has 0 aliphatic carbocycles. The number of hydrogen-bond acceptors (Lipinski definition) is 4. The van der Waals surface area contributed by atoms with Crippen molar-refractivity contribution in [2.75, 3.05) is 32.9 Å². The summed E-state index contributed by atoms with van der Waals surface area (Å²) in [7, 11) is -1.62. The number of amides is 1. The summed E-state index contributed by atoms with van der Waals surface area (Å²) >= 11 is 0. The lowest BCUT2D eigenvalue weighted by molar-refractivity contribution is -0.129. The Morgan fingerprint density at radius 3 is 2.60 bits per heavy atom. The molecular formula is C8H17N3O3S. The van der Waals surface area contributed by atoms with E-state index in [0.29, 0.717) is 6.54 Å². The molecule has 6 nitrogen and oxygen atoms in total. The molecule has 0 saturated carbocycles. The molecule has 1 fully saturated rings. The van der Waals surface area contributed by atoms with Gasteiger partial charge in [-0.05, 0) is 0 Å². The number of nitrogens with zero attached hydrogens (tertiary/aromatic N) is 2. The Hall–Kier alpha value is -0.660. The molecule has 88 valence electrons. The minimum atomic E-state index is -3.28. The molecular weight excluding hydrogens is 218 g/mol. The van der Waals surface area contributed by atoms with Gasteiger partial charge in [-0.2, -0.15) is 4.31 Å². The highest BCUT2D eigenvalue weighted by molar-refractivity contribution is 7.88. The molecule has 0 unspecified atom stereocenters. The zero-order chi connectivity index (χ0) is 11.6. The largest absolute Gasteiger partial charge is 0.344 e. The third-order valence-electron chi connectivity index (χ3n) is 2.56. The molecule has 1 heterocycles. The van der Waals surface area contributed by atoms with Crippen molar-refractivity contribution in [3.63, 3.8) is 0 Å². The maximum atomic E-state index is 11.5. The molecule has 15 heavy (non-hydrogen) atoms. The van der Waals surface area contributed by atoms with E-state index in [4.69, 9.17) is 5.73 Å². The lowest BCUT2D eigenvalue weighted by Gasteiger charge is -2.27. The second kappa shape index (κ2) is 4.46. The lowest BCUT2D eigenvalue weighted by atomic mass is 10.3. The SMILES string of the molecule is CN1C[C@@H](CN)N(S(C)(=O)=O)CCC1=O. The van der Waals surface area contributed by atoms with E-state index >= 15 is 0 Å². The average molecular weight is 235 g/mol. The van der Waals surface area contributed by atoms with Gasteiger partial charge in [0.25, 0.3) is 0 Å². The first-order chi connectivity index (χ1) is 6.86. The molecule has 1 saturated heterocycles. The van der Waals surface area contributed by atoms with E-state index < -0.39 is 10.0 Å². The van der Waals surface area contributed by atoms with Gasteiger partial charge in [0.2, 0.25) is 15.9 Å². The predicted molar refractivity (Wildman–Crippen MR) is 56.6 cm³/mol. The Bertz CT molecular complexity index is 341. The van der Waals surface area contributed by atoms with Gasteiger partial charge in [0.15, 0.2) is 0 Å². The first-order valence-electron chi connectivity index (χ1n) is 4.77. The van der Waals surface area contributed by atoms with Gasteiger partial charge < -0.3 is 10.6 Å². The number of likely N-dealkylation sites (N-methyl/N-ethyl adjacent to an activating group) is 1. The van der Waals surface area contributed by atoms with Crippen LogP contribution in [0.25, 0.3) is 0 Å². The summed E-state index contributed by atoms with van der Waals surface area (Å²) in [5.41, 5.74) is 5.52. The average Bonchev–Trinajstić information content (AvgIpc) is 2.26. The van der Waals surface area contributed by atoms with Crippen molar-refractivity contribution in [1.82, 2.24) is 9.21 Å². The molecule has 1 amide bonds. The van der Waals surface area contributed by atoms with Crippen molar-refractivity contribution in [2.24, 2.45) is 5.73 Å². The molecule has 0 aromatic rings. The molecule has 0 bridgehead atoms. The number of carbonyl (C=O) groups is 1. The van der Waals surface area contributed by atoms with Crippen LogP contribution in [-0.2, 0) is 14.8 Å². The maximum Gasteiger partial charge on any atom is 0.223 e. The van der Waals surface area contributed by atoms with Crippen LogP contribution in [-0.4, -0.2) is 62.5 Å². The van der Waals surface area contributed by atoms with Gasteiger partial charge in [-0.1, -0.05) is 0 Å². The maximum absolute atomic E-state index is 11.5. The highest BCUT2D eigenvalue weighted by Gasteiger charge is 2.31. The van der Waals surface area contributed by atoms with Crippen LogP contribution in [0.15, 0.2) is 0 Å². The third kappa shape index (κ3) is 2.90. The standard InChI is InChI=1S/C8H17N3O3S/c1-10-6-7(5-9)11(15(2,13)14)4-3-8(10)12/h7H,3-6,9H2,1-2H3/t7-/m1/s1. The molecule has 0 aromatic carbocycles. The molecule has 1 aliphatic rings. The smallest absolute Gasteiger partial charge is 0.223 e. The molecule has 0 spiro atoms. The van der Waals surface area contributed by atoms with Gasteiger partial charge in [0.05, 0.1) is 12.3 Å². The molecule has 1 atom stereocenters. The first-order valence-corrected chi connectivity index (χ1v) is 6.62. The Morgan fingerprint density at radius 2 is 2.13 bits per heavy atom. The summed E-state index contributed by atoms with van der Waals surface area (Å²) in [5, 5.41) is 0. The van der Waals surface area contributed by atoms with Gasteiger partial charge in [-0.3, -0.25) is 4.79 Å². The van der Waals surface area contributed by atoms with Crippen molar-refractivity contribution in [2.45, 2.75) is 12.5 Å². The molecule has 1 aliphatic heterocycles. The molecule has 0 aromatic heterocycles. The van der Waals surface area contributed by atoms with Crippen LogP contribution in [0.3, 0.4) is 0 Å². The van der Waals surface area contributed by atoms with Crippen LogP contribution in [0.4, 0.5) is 0 Å². The van der Waals surface area contributed by atoms with Crippen molar-refractivity contribution < 1.29 is 13.2 Å². The Balaban J connectivity index is 2.92. The minimum Gasteiger partial charge on any atom is -0.344 e. The normalized spacial score (nSPS) is 25.4. The summed E-state index contributed by atoms with van der Waals surface area (Å²) in [6.45, 7) is 0.816. The zero-order valence-corrected chi connectivity index (χ0v) is 9.83. The fourth-order valence-electron chi connectivity index (χ4n) is 1.72. The minimum absolute atomic E-state index is 0.0420. The third-order valence-corrected chi connectivity index (χ3v) is 3.89. The van der Waals surface area contributed by atoms with Gasteiger partial charge in [-0.25, -0.2) is 8.42 Å². The van der Waals surface area contributed by atoms with Crippen LogP contribution in [0.5, 0.6) is 0 Å². The lowest BCUT2D eigenvalue weighted by Crippen LogP contribution is -2.47. The fraction of sp³-hybridized carbons (Fsp3) is 0.875. The summed E-state index contributed by atoms with van der Waals surface area (Å²) in [6, 6.07) is -0.309. The van der Waals surface area contributed by atoms with Crippen molar-refractivity contribution in [3.05, 3.63) is 0 Å². The van der Waals surface area contributed by atoms with Gasteiger partial charge >= 0.3 is 0 Å². The monoisotopic (exact) mass is 235 g/mol. The van der Waals surface area contributed by atoms with Crippen molar-refractivity contribution >= 4 is 15.9 Å². The zero-order valence-electron chi connectivity index (χ0n) is 9.01. The number of carbonyl (C=O) groups excluding carboxylic acids is 1. The van der Waals surface area contributed by atoms with Gasteiger partial charge in [0, 0.05) is 33.1 Å². The number of nitrogens with two attached hydrogens (primary N) is 1. The van der Waals surface area contributed by atoms with Crippen LogP contribution in [0, 0.1) is 0 Å². The second-order valence-corrected chi connectivity index (χ2v) is 5.72. The highest BCUT2D eigenvalue weighted by Crippen LogP contribution is 2.12. The van der Waals surface area contributed by atoms with Gasteiger partial charge in [0.1, 0.15) is 0 Å². The Kier molecular flexibility index (Phi) is 3.69. The predicted octanol–water partition coefficient (Wildman–Crippen LogP) is -1.56. The molecule has 7 heteroatoms. The van der Waals surface area contributed by atoms with Crippen molar-refractivity contribution in [3.8, 4) is 0 Å². The van der Waals surface area contributed by atoms with Crippen LogP contribution in [0.2, 0.25) is 0 Å². The van der Waals surface area contributed by atoms with E-state index in [2.05, 4.69) is 0 Å². The summed E-state index contributed by atoms with van der Waals surface area (Å²) in [6.07, 6.45) is 1.37. The number of hydrogen-bond donors (Lipinski definition) is 1. The topological polar surface area (TPSA) is 83.7 Å². The summed E-state index contributed by atoms with van der Waals surface area (Å²) < 4.78 is 24.2. The van der Waals surface area contributed by atoms with E-state index in [9.17, 15) is 13.2 Å². The van der Waals surface area contributed by atoms with Crippen LogP contribution >= 0.6 is 0 Å². The van der Waals surface area contributed by atoms with E-state index in [0.717, 1.165) is 6.26 Å². The Morgan fingerprint density at radius 1 is 1.53 bits per heavy atom. The summed E-state index contributed by atoms with van der Waals surface area (Å²) in [4.78, 5) is 12.9. The molecule has 1 rings (SSSR count).